The summed E-state index contributed by atoms with van der Waals surface area (Å²) in [6.07, 6.45) is 0.586. The van der Waals surface area contributed by atoms with E-state index in [0.717, 1.165) is 21.3 Å². The Labute approximate surface area is 132 Å². The van der Waals surface area contributed by atoms with Gasteiger partial charge in [-0.25, -0.2) is 4.39 Å². The van der Waals surface area contributed by atoms with Gasteiger partial charge < -0.3 is 4.74 Å². The van der Waals surface area contributed by atoms with Gasteiger partial charge in [0, 0.05) is 4.47 Å². The van der Waals surface area contributed by atoms with Crippen molar-refractivity contribution >= 4 is 15.9 Å². The third kappa shape index (κ3) is 4.27. The van der Waals surface area contributed by atoms with Crippen molar-refractivity contribution in [2.45, 2.75) is 19.4 Å². The Bertz CT molecular complexity index is 589. The summed E-state index contributed by atoms with van der Waals surface area (Å²) in [4.78, 5) is 0. The first-order valence-corrected chi connectivity index (χ1v) is 7.56. The SMILES string of the molecule is CCOc1ccc(C(Cc2cc(F)ccc2Br)NN)cc1. The fraction of sp³-hybridized carbons (Fsp3) is 0.250. The van der Waals surface area contributed by atoms with E-state index in [1.54, 1.807) is 6.07 Å². The minimum atomic E-state index is -0.254. The zero-order valence-electron chi connectivity index (χ0n) is 11.8. The molecule has 5 heteroatoms. The molecule has 0 aliphatic carbocycles. The molecule has 0 spiro atoms. The van der Waals surface area contributed by atoms with Crippen LogP contribution in [0.1, 0.15) is 24.1 Å². The quantitative estimate of drug-likeness (QED) is 0.615. The molecule has 0 fully saturated rings. The summed E-state index contributed by atoms with van der Waals surface area (Å²) in [5.41, 5.74) is 4.67. The highest BCUT2D eigenvalue weighted by atomic mass is 79.9. The molecule has 0 aromatic heterocycles. The number of benzene rings is 2. The molecule has 21 heavy (non-hydrogen) atoms. The van der Waals surface area contributed by atoms with Crippen LogP contribution in [0.5, 0.6) is 5.75 Å². The number of rotatable bonds is 6. The van der Waals surface area contributed by atoms with Crippen LogP contribution in [0.25, 0.3) is 0 Å². The first kappa shape index (κ1) is 15.9. The normalized spacial score (nSPS) is 12.2. The van der Waals surface area contributed by atoms with Gasteiger partial charge in [-0.15, -0.1) is 0 Å². The average Bonchev–Trinajstić information content (AvgIpc) is 2.49. The number of nitrogens with one attached hydrogen (secondary N) is 1. The minimum absolute atomic E-state index is 0.0984. The molecule has 0 bridgehead atoms. The number of hydrogen-bond acceptors (Lipinski definition) is 3. The Morgan fingerprint density at radius 3 is 2.57 bits per heavy atom. The summed E-state index contributed by atoms with van der Waals surface area (Å²) in [6, 6.07) is 12.3. The molecule has 0 aliphatic rings. The number of nitrogens with two attached hydrogens (primary N) is 1. The lowest BCUT2D eigenvalue weighted by atomic mass is 9.99. The van der Waals surface area contributed by atoms with Gasteiger partial charge >= 0.3 is 0 Å². The van der Waals surface area contributed by atoms with Gasteiger partial charge in [-0.2, -0.15) is 0 Å². The third-order valence-electron chi connectivity index (χ3n) is 3.23. The van der Waals surface area contributed by atoms with E-state index in [9.17, 15) is 4.39 Å². The van der Waals surface area contributed by atoms with Crippen molar-refractivity contribution in [2.24, 2.45) is 5.84 Å². The van der Waals surface area contributed by atoms with Crippen LogP contribution >= 0.6 is 15.9 Å². The molecule has 2 aromatic rings. The van der Waals surface area contributed by atoms with E-state index in [2.05, 4.69) is 21.4 Å². The molecular formula is C16H18BrFN2O. The molecular weight excluding hydrogens is 335 g/mol. The van der Waals surface area contributed by atoms with Crippen LogP contribution < -0.4 is 16.0 Å². The zero-order valence-corrected chi connectivity index (χ0v) is 13.4. The molecule has 0 saturated carbocycles. The van der Waals surface area contributed by atoms with Gasteiger partial charge in [0.2, 0.25) is 0 Å². The van der Waals surface area contributed by atoms with Gasteiger partial charge in [0.15, 0.2) is 0 Å². The lowest BCUT2D eigenvalue weighted by Crippen LogP contribution is -2.29. The summed E-state index contributed by atoms with van der Waals surface area (Å²) in [5.74, 6) is 6.22. The Kier molecular flexibility index (Phi) is 5.73. The predicted octanol–water partition coefficient (Wildman–Crippen LogP) is 3.73. The standard InChI is InChI=1S/C16H18BrFN2O/c1-2-21-14-6-3-11(4-7-14)16(20-19)10-12-9-13(18)5-8-15(12)17/h3-9,16,20H,2,10,19H2,1H3. The Morgan fingerprint density at radius 2 is 1.95 bits per heavy atom. The molecule has 112 valence electrons. The van der Waals surface area contributed by atoms with E-state index in [4.69, 9.17) is 10.6 Å². The largest absolute Gasteiger partial charge is 0.494 e. The fourth-order valence-electron chi connectivity index (χ4n) is 2.16. The highest BCUT2D eigenvalue weighted by Gasteiger charge is 2.13. The van der Waals surface area contributed by atoms with Gasteiger partial charge in [-0.3, -0.25) is 11.3 Å². The summed E-state index contributed by atoms with van der Waals surface area (Å²) in [7, 11) is 0. The molecule has 0 saturated heterocycles. The Morgan fingerprint density at radius 1 is 1.24 bits per heavy atom. The fourth-order valence-corrected chi connectivity index (χ4v) is 2.56. The van der Waals surface area contributed by atoms with E-state index in [-0.39, 0.29) is 11.9 Å². The maximum absolute atomic E-state index is 13.4. The second-order valence-corrected chi connectivity index (χ2v) is 5.52. The smallest absolute Gasteiger partial charge is 0.123 e. The van der Waals surface area contributed by atoms with Crippen LogP contribution in [0.2, 0.25) is 0 Å². The third-order valence-corrected chi connectivity index (χ3v) is 4.00. The molecule has 0 radical (unpaired) electrons. The van der Waals surface area contributed by atoms with Crippen molar-refractivity contribution in [1.82, 2.24) is 5.43 Å². The van der Waals surface area contributed by atoms with E-state index in [1.165, 1.54) is 12.1 Å². The van der Waals surface area contributed by atoms with Crippen molar-refractivity contribution in [2.75, 3.05) is 6.61 Å². The highest BCUT2D eigenvalue weighted by Crippen LogP contribution is 2.25. The van der Waals surface area contributed by atoms with Gasteiger partial charge in [-0.1, -0.05) is 28.1 Å². The van der Waals surface area contributed by atoms with Crippen molar-refractivity contribution in [3.8, 4) is 5.75 Å². The molecule has 3 N–H and O–H groups in total. The number of ether oxygens (including phenoxy) is 1. The summed E-state index contributed by atoms with van der Waals surface area (Å²) < 4.78 is 19.6. The average molecular weight is 353 g/mol. The number of hydrogen-bond donors (Lipinski definition) is 2. The minimum Gasteiger partial charge on any atom is -0.494 e. The van der Waals surface area contributed by atoms with Crippen molar-refractivity contribution in [3.05, 3.63) is 63.9 Å². The van der Waals surface area contributed by atoms with Gasteiger partial charge in [-0.05, 0) is 54.8 Å². The van der Waals surface area contributed by atoms with Crippen LogP contribution in [0.3, 0.4) is 0 Å². The Balaban J connectivity index is 2.17. The lowest BCUT2D eigenvalue weighted by molar-refractivity contribution is 0.340. The van der Waals surface area contributed by atoms with E-state index in [1.807, 2.05) is 31.2 Å². The van der Waals surface area contributed by atoms with Gasteiger partial charge in [0.25, 0.3) is 0 Å². The van der Waals surface area contributed by atoms with Crippen LogP contribution in [0.15, 0.2) is 46.9 Å². The molecule has 0 aliphatic heterocycles. The van der Waals surface area contributed by atoms with Gasteiger partial charge in [0.1, 0.15) is 11.6 Å². The maximum atomic E-state index is 13.4. The second-order valence-electron chi connectivity index (χ2n) is 4.66. The molecule has 1 unspecified atom stereocenters. The lowest BCUT2D eigenvalue weighted by Gasteiger charge is -2.18. The topological polar surface area (TPSA) is 47.3 Å². The summed E-state index contributed by atoms with van der Waals surface area (Å²) in [5, 5.41) is 0. The molecule has 1 atom stereocenters. The monoisotopic (exact) mass is 352 g/mol. The molecule has 2 rings (SSSR count). The van der Waals surface area contributed by atoms with Crippen LogP contribution in [-0.2, 0) is 6.42 Å². The first-order chi connectivity index (χ1) is 10.1. The molecule has 2 aromatic carbocycles. The Hall–Kier alpha value is -1.43. The van der Waals surface area contributed by atoms with Crippen molar-refractivity contribution in [1.29, 1.82) is 0 Å². The molecule has 0 heterocycles. The maximum Gasteiger partial charge on any atom is 0.123 e. The molecule has 0 amide bonds. The highest BCUT2D eigenvalue weighted by molar-refractivity contribution is 9.10. The summed E-state index contributed by atoms with van der Waals surface area (Å²) in [6.45, 7) is 2.58. The van der Waals surface area contributed by atoms with E-state index >= 15 is 0 Å². The predicted molar refractivity (Wildman–Crippen MR) is 85.5 cm³/mol. The van der Waals surface area contributed by atoms with Crippen LogP contribution in [-0.4, -0.2) is 6.61 Å². The van der Waals surface area contributed by atoms with E-state index < -0.39 is 0 Å². The van der Waals surface area contributed by atoms with E-state index in [0.29, 0.717) is 13.0 Å². The first-order valence-electron chi connectivity index (χ1n) is 6.77. The number of halogens is 2. The van der Waals surface area contributed by atoms with Crippen molar-refractivity contribution in [3.63, 3.8) is 0 Å². The van der Waals surface area contributed by atoms with Gasteiger partial charge in [0.05, 0.1) is 12.6 Å². The van der Waals surface area contributed by atoms with Crippen LogP contribution in [0, 0.1) is 5.82 Å². The number of hydrazine groups is 1. The zero-order chi connectivity index (χ0) is 15.2. The second kappa shape index (κ2) is 7.54. The van der Waals surface area contributed by atoms with Crippen molar-refractivity contribution < 1.29 is 9.13 Å². The summed E-state index contributed by atoms with van der Waals surface area (Å²) >= 11 is 3.44. The molecule has 3 nitrogen and oxygen atoms in total. The van der Waals surface area contributed by atoms with Crippen LogP contribution in [0.4, 0.5) is 4.39 Å².